The average molecular weight is 295 g/mol. The first-order chi connectivity index (χ1) is 10.8. The SMILES string of the molecule is COc1ccccc1-c1cc(Nc2ccccc2F)ncn1. The van der Waals surface area contributed by atoms with Crippen LogP contribution in [0.3, 0.4) is 0 Å². The normalized spacial score (nSPS) is 10.3. The van der Waals surface area contributed by atoms with Gasteiger partial charge < -0.3 is 10.1 Å². The standard InChI is InChI=1S/C17H14FN3O/c1-22-16-9-5-2-6-12(16)15-10-17(20-11-19-15)21-14-8-4-3-7-13(14)18/h2-11H,1H3,(H,19,20,21). The van der Waals surface area contributed by atoms with Crippen LogP contribution in [0.15, 0.2) is 60.9 Å². The molecule has 0 atom stereocenters. The van der Waals surface area contributed by atoms with E-state index in [0.717, 1.165) is 11.3 Å². The molecule has 0 aliphatic rings. The van der Waals surface area contributed by atoms with Gasteiger partial charge in [0, 0.05) is 11.6 Å². The highest BCUT2D eigenvalue weighted by Gasteiger charge is 2.08. The van der Waals surface area contributed by atoms with Crippen LogP contribution in [-0.4, -0.2) is 17.1 Å². The molecule has 0 bridgehead atoms. The van der Waals surface area contributed by atoms with Crippen molar-refractivity contribution in [2.45, 2.75) is 0 Å². The van der Waals surface area contributed by atoms with Crippen LogP contribution in [0.5, 0.6) is 5.75 Å². The van der Waals surface area contributed by atoms with E-state index in [1.54, 1.807) is 31.4 Å². The zero-order valence-corrected chi connectivity index (χ0v) is 12.0. The minimum atomic E-state index is -0.333. The molecular formula is C17H14FN3O. The van der Waals surface area contributed by atoms with Gasteiger partial charge in [0.2, 0.25) is 0 Å². The van der Waals surface area contributed by atoms with Gasteiger partial charge in [-0.15, -0.1) is 0 Å². The highest BCUT2D eigenvalue weighted by molar-refractivity contribution is 5.70. The Hall–Kier alpha value is -2.95. The van der Waals surface area contributed by atoms with Gasteiger partial charge in [-0.1, -0.05) is 24.3 Å². The number of ether oxygens (including phenoxy) is 1. The third-order valence-electron chi connectivity index (χ3n) is 3.19. The molecule has 5 heteroatoms. The second-order valence-electron chi connectivity index (χ2n) is 4.59. The fourth-order valence-electron chi connectivity index (χ4n) is 2.13. The molecule has 3 rings (SSSR count). The number of aromatic nitrogens is 2. The molecule has 4 nitrogen and oxygen atoms in total. The monoisotopic (exact) mass is 295 g/mol. The largest absolute Gasteiger partial charge is 0.496 e. The Kier molecular flexibility index (Phi) is 3.96. The minimum absolute atomic E-state index is 0.333. The Bertz CT molecular complexity index is 792. The molecule has 0 amide bonds. The van der Waals surface area contributed by atoms with E-state index in [0.29, 0.717) is 17.2 Å². The van der Waals surface area contributed by atoms with Crippen LogP contribution in [0, 0.1) is 5.82 Å². The zero-order chi connectivity index (χ0) is 15.4. The number of hydrogen-bond acceptors (Lipinski definition) is 4. The number of benzene rings is 2. The topological polar surface area (TPSA) is 47.0 Å². The fourth-order valence-corrected chi connectivity index (χ4v) is 2.13. The summed E-state index contributed by atoms with van der Waals surface area (Å²) in [5, 5.41) is 2.95. The zero-order valence-electron chi connectivity index (χ0n) is 12.0. The second-order valence-corrected chi connectivity index (χ2v) is 4.59. The summed E-state index contributed by atoms with van der Waals surface area (Å²) in [5.74, 6) is 0.902. The molecular weight excluding hydrogens is 281 g/mol. The van der Waals surface area contributed by atoms with E-state index < -0.39 is 0 Å². The summed E-state index contributed by atoms with van der Waals surface area (Å²) in [4.78, 5) is 8.38. The number of nitrogens with zero attached hydrogens (tertiary/aromatic N) is 2. The molecule has 0 spiro atoms. The highest BCUT2D eigenvalue weighted by atomic mass is 19.1. The van der Waals surface area contributed by atoms with Gasteiger partial charge in [-0.2, -0.15) is 0 Å². The van der Waals surface area contributed by atoms with Gasteiger partial charge in [0.1, 0.15) is 23.7 Å². The van der Waals surface area contributed by atoms with Gasteiger partial charge >= 0.3 is 0 Å². The Morgan fingerprint density at radius 3 is 2.59 bits per heavy atom. The summed E-state index contributed by atoms with van der Waals surface area (Å²) >= 11 is 0. The Morgan fingerprint density at radius 1 is 1.00 bits per heavy atom. The van der Waals surface area contributed by atoms with Crippen LogP contribution in [0.1, 0.15) is 0 Å². The predicted molar refractivity (Wildman–Crippen MR) is 83.7 cm³/mol. The Morgan fingerprint density at radius 2 is 1.77 bits per heavy atom. The lowest BCUT2D eigenvalue weighted by Gasteiger charge is -2.10. The first kappa shape index (κ1) is 14.0. The van der Waals surface area contributed by atoms with Crippen molar-refractivity contribution >= 4 is 11.5 Å². The molecule has 2 aromatic carbocycles. The minimum Gasteiger partial charge on any atom is -0.496 e. The van der Waals surface area contributed by atoms with E-state index in [1.807, 2.05) is 24.3 Å². The van der Waals surface area contributed by atoms with Crippen molar-refractivity contribution < 1.29 is 9.13 Å². The highest BCUT2D eigenvalue weighted by Crippen LogP contribution is 2.29. The maximum Gasteiger partial charge on any atom is 0.146 e. The number of hydrogen-bond donors (Lipinski definition) is 1. The maximum atomic E-state index is 13.7. The molecule has 0 saturated heterocycles. The van der Waals surface area contributed by atoms with Crippen LogP contribution in [0.4, 0.5) is 15.9 Å². The van der Waals surface area contributed by atoms with E-state index in [9.17, 15) is 4.39 Å². The molecule has 0 radical (unpaired) electrons. The fraction of sp³-hybridized carbons (Fsp3) is 0.0588. The molecule has 110 valence electrons. The van der Waals surface area contributed by atoms with E-state index in [-0.39, 0.29) is 5.82 Å². The quantitative estimate of drug-likeness (QED) is 0.789. The van der Waals surface area contributed by atoms with Crippen molar-refractivity contribution in [1.29, 1.82) is 0 Å². The first-order valence-electron chi connectivity index (χ1n) is 6.75. The average Bonchev–Trinajstić information content (AvgIpc) is 2.57. The van der Waals surface area contributed by atoms with Gasteiger partial charge in [0.05, 0.1) is 18.5 Å². The van der Waals surface area contributed by atoms with E-state index in [4.69, 9.17) is 4.74 Å². The van der Waals surface area contributed by atoms with Gasteiger partial charge in [-0.25, -0.2) is 14.4 Å². The third-order valence-corrected chi connectivity index (χ3v) is 3.19. The van der Waals surface area contributed by atoms with Crippen LogP contribution in [0.2, 0.25) is 0 Å². The molecule has 1 heterocycles. The lowest BCUT2D eigenvalue weighted by atomic mass is 10.1. The smallest absolute Gasteiger partial charge is 0.146 e. The number of methoxy groups -OCH3 is 1. The molecule has 0 saturated carbocycles. The number of anilines is 2. The molecule has 0 unspecified atom stereocenters. The molecule has 0 aliphatic heterocycles. The van der Waals surface area contributed by atoms with E-state index in [1.165, 1.54) is 12.4 Å². The lowest BCUT2D eigenvalue weighted by Crippen LogP contribution is -1.98. The van der Waals surface area contributed by atoms with Crippen LogP contribution in [0.25, 0.3) is 11.3 Å². The van der Waals surface area contributed by atoms with Crippen molar-refractivity contribution in [3.05, 3.63) is 66.7 Å². The van der Waals surface area contributed by atoms with Gasteiger partial charge in [0.15, 0.2) is 0 Å². The molecule has 0 aliphatic carbocycles. The Labute approximate surface area is 127 Å². The van der Waals surface area contributed by atoms with Crippen molar-refractivity contribution in [3.63, 3.8) is 0 Å². The summed E-state index contributed by atoms with van der Waals surface area (Å²) in [5.41, 5.74) is 1.92. The van der Waals surface area contributed by atoms with Gasteiger partial charge in [-0.3, -0.25) is 0 Å². The Balaban J connectivity index is 1.95. The van der Waals surface area contributed by atoms with Gasteiger partial charge in [-0.05, 0) is 24.3 Å². The summed E-state index contributed by atoms with van der Waals surface area (Å²) in [6, 6.07) is 15.8. The van der Waals surface area contributed by atoms with Crippen LogP contribution >= 0.6 is 0 Å². The van der Waals surface area contributed by atoms with Crippen LogP contribution in [-0.2, 0) is 0 Å². The van der Waals surface area contributed by atoms with Crippen molar-refractivity contribution in [1.82, 2.24) is 9.97 Å². The number of halogens is 1. The van der Waals surface area contributed by atoms with Gasteiger partial charge in [0.25, 0.3) is 0 Å². The predicted octanol–water partition coefficient (Wildman–Crippen LogP) is 4.03. The third kappa shape index (κ3) is 2.88. The molecule has 1 aromatic heterocycles. The number of para-hydroxylation sites is 2. The summed E-state index contributed by atoms with van der Waals surface area (Å²) in [7, 11) is 1.61. The van der Waals surface area contributed by atoms with Crippen LogP contribution < -0.4 is 10.1 Å². The summed E-state index contributed by atoms with van der Waals surface area (Å²) < 4.78 is 19.0. The molecule has 3 aromatic rings. The van der Waals surface area contributed by atoms with Crippen molar-refractivity contribution in [2.75, 3.05) is 12.4 Å². The molecule has 1 N–H and O–H groups in total. The number of nitrogens with one attached hydrogen (secondary N) is 1. The van der Waals surface area contributed by atoms with E-state index in [2.05, 4.69) is 15.3 Å². The van der Waals surface area contributed by atoms with Crippen molar-refractivity contribution in [3.8, 4) is 17.0 Å². The van der Waals surface area contributed by atoms with Crippen molar-refractivity contribution in [2.24, 2.45) is 0 Å². The van der Waals surface area contributed by atoms with E-state index >= 15 is 0 Å². The number of rotatable bonds is 4. The maximum absolute atomic E-state index is 13.7. The molecule has 22 heavy (non-hydrogen) atoms. The molecule has 0 fully saturated rings. The first-order valence-corrected chi connectivity index (χ1v) is 6.75. The summed E-state index contributed by atoms with van der Waals surface area (Å²) in [6.07, 6.45) is 1.44. The summed E-state index contributed by atoms with van der Waals surface area (Å²) in [6.45, 7) is 0. The second kappa shape index (κ2) is 6.22. The lowest BCUT2D eigenvalue weighted by molar-refractivity contribution is 0.416.